The van der Waals surface area contributed by atoms with Gasteiger partial charge in [-0.2, -0.15) is 0 Å². The van der Waals surface area contributed by atoms with E-state index in [9.17, 15) is 13.6 Å². The SMILES string of the molecule is C[C@H](NC(=O)C=Cc1cc(F)cc(F)c1)c1cccc(N2CCN(c3ccccn3)CC2)c1. The predicted octanol–water partition coefficient (Wildman–Crippen LogP) is 4.58. The van der Waals surface area contributed by atoms with Crippen LogP contribution < -0.4 is 15.1 Å². The molecule has 1 saturated heterocycles. The standard InChI is InChI=1S/C26H26F2N4O/c1-19(30-26(33)9-8-20-15-22(27)18-23(28)16-20)21-5-4-6-24(17-21)31-11-13-32(14-12-31)25-7-2-3-10-29-25/h2-10,15-19H,11-14H2,1H3,(H,30,33)/t19-/m0/s1. The van der Waals surface area contributed by atoms with Crippen LogP contribution in [0.5, 0.6) is 0 Å². The van der Waals surface area contributed by atoms with Crippen molar-refractivity contribution in [3.63, 3.8) is 0 Å². The quantitative estimate of drug-likeness (QED) is 0.561. The molecule has 1 aliphatic rings. The molecule has 0 unspecified atom stereocenters. The molecule has 7 heteroatoms. The Morgan fingerprint density at radius 3 is 2.39 bits per heavy atom. The van der Waals surface area contributed by atoms with Crippen LogP contribution in [0, 0.1) is 11.6 Å². The first-order chi connectivity index (χ1) is 16.0. The van der Waals surface area contributed by atoms with Gasteiger partial charge in [-0.3, -0.25) is 4.79 Å². The number of benzene rings is 2. The summed E-state index contributed by atoms with van der Waals surface area (Å²) in [5.41, 5.74) is 2.39. The Morgan fingerprint density at radius 2 is 1.70 bits per heavy atom. The molecule has 1 aromatic heterocycles. The van der Waals surface area contributed by atoms with Gasteiger partial charge in [0.2, 0.25) is 5.91 Å². The fraction of sp³-hybridized carbons (Fsp3) is 0.231. The van der Waals surface area contributed by atoms with Gasteiger partial charge in [0, 0.05) is 50.2 Å². The number of rotatable bonds is 6. The second-order valence-electron chi connectivity index (χ2n) is 8.02. The smallest absolute Gasteiger partial charge is 0.244 e. The van der Waals surface area contributed by atoms with Gasteiger partial charge in [-0.25, -0.2) is 13.8 Å². The number of nitrogens with zero attached hydrogens (tertiary/aromatic N) is 3. The number of halogens is 2. The molecule has 5 nitrogen and oxygen atoms in total. The molecule has 33 heavy (non-hydrogen) atoms. The van der Waals surface area contributed by atoms with Crippen LogP contribution in [0.2, 0.25) is 0 Å². The summed E-state index contributed by atoms with van der Waals surface area (Å²) < 4.78 is 26.6. The molecule has 4 rings (SSSR count). The van der Waals surface area contributed by atoms with Crippen LogP contribution in [0.4, 0.5) is 20.3 Å². The van der Waals surface area contributed by atoms with Gasteiger partial charge < -0.3 is 15.1 Å². The number of amides is 1. The summed E-state index contributed by atoms with van der Waals surface area (Å²) in [6.07, 6.45) is 4.49. The molecule has 0 bridgehead atoms. The number of hydrogen-bond donors (Lipinski definition) is 1. The number of carbonyl (C=O) groups excluding carboxylic acids is 1. The van der Waals surface area contributed by atoms with E-state index in [-0.39, 0.29) is 11.9 Å². The van der Waals surface area contributed by atoms with E-state index in [4.69, 9.17) is 0 Å². The highest BCUT2D eigenvalue weighted by Gasteiger charge is 2.19. The average Bonchev–Trinajstić information content (AvgIpc) is 2.83. The van der Waals surface area contributed by atoms with E-state index in [1.807, 2.05) is 43.5 Å². The molecular formula is C26H26F2N4O. The number of hydrogen-bond acceptors (Lipinski definition) is 4. The van der Waals surface area contributed by atoms with Crippen molar-refractivity contribution in [1.29, 1.82) is 0 Å². The second-order valence-corrected chi connectivity index (χ2v) is 8.02. The summed E-state index contributed by atoms with van der Waals surface area (Å²) >= 11 is 0. The fourth-order valence-corrected chi connectivity index (χ4v) is 3.91. The Hall–Kier alpha value is -3.74. The lowest BCUT2D eigenvalue weighted by molar-refractivity contribution is -0.117. The first-order valence-corrected chi connectivity index (χ1v) is 10.9. The lowest BCUT2D eigenvalue weighted by atomic mass is 10.1. The molecule has 0 aliphatic carbocycles. The topological polar surface area (TPSA) is 48.5 Å². The maximum Gasteiger partial charge on any atom is 0.244 e. The van der Waals surface area contributed by atoms with Gasteiger partial charge in [0.25, 0.3) is 0 Å². The third-order valence-electron chi connectivity index (χ3n) is 5.66. The Kier molecular flexibility index (Phi) is 6.98. The van der Waals surface area contributed by atoms with Gasteiger partial charge in [0.1, 0.15) is 17.5 Å². The van der Waals surface area contributed by atoms with Crippen molar-refractivity contribution in [2.24, 2.45) is 0 Å². The largest absolute Gasteiger partial charge is 0.368 e. The van der Waals surface area contributed by atoms with Gasteiger partial charge in [-0.1, -0.05) is 18.2 Å². The molecule has 1 aliphatic heterocycles. The summed E-state index contributed by atoms with van der Waals surface area (Å²) in [7, 11) is 0. The lowest BCUT2D eigenvalue weighted by Crippen LogP contribution is -2.46. The molecule has 3 aromatic rings. The Balaban J connectivity index is 1.35. The zero-order valence-electron chi connectivity index (χ0n) is 18.4. The molecule has 1 fully saturated rings. The minimum absolute atomic E-state index is 0.221. The monoisotopic (exact) mass is 448 g/mol. The van der Waals surface area contributed by atoms with E-state index < -0.39 is 11.6 Å². The highest BCUT2D eigenvalue weighted by atomic mass is 19.1. The molecule has 0 saturated carbocycles. The number of anilines is 2. The van der Waals surface area contributed by atoms with Crippen molar-refractivity contribution < 1.29 is 13.6 Å². The first kappa shape index (κ1) is 22.5. The number of nitrogens with one attached hydrogen (secondary N) is 1. The number of aromatic nitrogens is 1. The van der Waals surface area contributed by atoms with Crippen LogP contribution in [0.15, 0.2) is 72.9 Å². The second kappa shape index (κ2) is 10.3. The molecule has 0 radical (unpaired) electrons. The summed E-state index contributed by atoms with van der Waals surface area (Å²) in [5, 5.41) is 2.91. The molecule has 2 heterocycles. The van der Waals surface area contributed by atoms with E-state index in [0.717, 1.165) is 49.3 Å². The number of piperazine rings is 1. The predicted molar refractivity (Wildman–Crippen MR) is 127 cm³/mol. The summed E-state index contributed by atoms with van der Waals surface area (Å²) in [5.74, 6) is -0.694. The van der Waals surface area contributed by atoms with Crippen molar-refractivity contribution >= 4 is 23.5 Å². The Bertz CT molecular complexity index is 1110. The van der Waals surface area contributed by atoms with Crippen molar-refractivity contribution in [2.45, 2.75) is 13.0 Å². The maximum atomic E-state index is 13.3. The normalized spacial score (nSPS) is 15.0. The summed E-state index contributed by atoms with van der Waals surface area (Å²) in [6, 6.07) is 17.0. The summed E-state index contributed by atoms with van der Waals surface area (Å²) in [4.78, 5) is 21.4. The van der Waals surface area contributed by atoms with Crippen molar-refractivity contribution in [3.05, 3.63) is 95.7 Å². The molecular weight excluding hydrogens is 422 g/mol. The minimum Gasteiger partial charge on any atom is -0.368 e. The number of pyridine rings is 1. The van der Waals surface area contributed by atoms with Crippen LogP contribution in [0.3, 0.4) is 0 Å². The van der Waals surface area contributed by atoms with E-state index in [0.29, 0.717) is 5.56 Å². The summed E-state index contributed by atoms with van der Waals surface area (Å²) in [6.45, 7) is 5.45. The zero-order chi connectivity index (χ0) is 23.2. The first-order valence-electron chi connectivity index (χ1n) is 10.9. The van der Waals surface area contributed by atoms with Crippen molar-refractivity contribution in [3.8, 4) is 0 Å². The van der Waals surface area contributed by atoms with E-state index in [2.05, 4.69) is 32.2 Å². The van der Waals surface area contributed by atoms with Crippen LogP contribution in [0.1, 0.15) is 24.1 Å². The third kappa shape index (κ3) is 5.94. The third-order valence-corrected chi connectivity index (χ3v) is 5.66. The van der Waals surface area contributed by atoms with Crippen LogP contribution in [0.25, 0.3) is 6.08 Å². The Morgan fingerprint density at radius 1 is 0.970 bits per heavy atom. The highest BCUT2D eigenvalue weighted by Crippen LogP contribution is 2.23. The zero-order valence-corrected chi connectivity index (χ0v) is 18.4. The van der Waals surface area contributed by atoms with E-state index in [1.54, 1.807) is 0 Å². The average molecular weight is 449 g/mol. The molecule has 0 spiro atoms. The fourth-order valence-electron chi connectivity index (χ4n) is 3.91. The van der Waals surface area contributed by atoms with E-state index >= 15 is 0 Å². The van der Waals surface area contributed by atoms with Gasteiger partial charge in [-0.05, 0) is 60.5 Å². The molecule has 170 valence electrons. The van der Waals surface area contributed by atoms with Gasteiger partial charge >= 0.3 is 0 Å². The maximum absolute atomic E-state index is 13.3. The molecule has 1 atom stereocenters. The van der Waals surface area contributed by atoms with Gasteiger partial charge in [-0.15, -0.1) is 0 Å². The van der Waals surface area contributed by atoms with Gasteiger partial charge in [0.15, 0.2) is 0 Å². The minimum atomic E-state index is -0.680. The Labute approximate surface area is 192 Å². The van der Waals surface area contributed by atoms with Crippen LogP contribution in [-0.2, 0) is 4.79 Å². The number of carbonyl (C=O) groups is 1. The van der Waals surface area contributed by atoms with Gasteiger partial charge in [0.05, 0.1) is 6.04 Å². The molecule has 1 amide bonds. The van der Waals surface area contributed by atoms with Crippen LogP contribution >= 0.6 is 0 Å². The lowest BCUT2D eigenvalue weighted by Gasteiger charge is -2.37. The van der Waals surface area contributed by atoms with Crippen LogP contribution in [-0.4, -0.2) is 37.1 Å². The molecule has 1 N–H and O–H groups in total. The molecule has 2 aromatic carbocycles. The van der Waals surface area contributed by atoms with Crippen molar-refractivity contribution in [1.82, 2.24) is 10.3 Å². The highest BCUT2D eigenvalue weighted by molar-refractivity contribution is 5.92. The van der Waals surface area contributed by atoms with Crippen molar-refractivity contribution in [2.75, 3.05) is 36.0 Å². The van der Waals surface area contributed by atoms with E-state index in [1.165, 1.54) is 24.3 Å².